The first-order valence-electron chi connectivity index (χ1n) is 3.89. The number of carbonyl (C=O) groups excluding carboxylic acids is 1. The van der Waals surface area contributed by atoms with Crippen LogP contribution in [0.25, 0.3) is 0 Å². The maximum Gasteiger partial charge on any atom is 0.116 e. The van der Waals surface area contributed by atoms with Crippen LogP contribution in [0.15, 0.2) is 0 Å². The minimum atomic E-state index is 0.0359. The molecule has 10 heavy (non-hydrogen) atoms. The molecule has 1 aliphatic rings. The topological polar surface area (TPSA) is 37.3 Å². The molecule has 0 radical (unpaired) electrons. The van der Waals surface area contributed by atoms with E-state index in [4.69, 9.17) is 9.90 Å². The van der Waals surface area contributed by atoms with Gasteiger partial charge in [0.2, 0.25) is 0 Å². The molecular formula is C8H16O2. The molecule has 0 spiro atoms. The van der Waals surface area contributed by atoms with Crippen molar-refractivity contribution < 1.29 is 9.90 Å². The Kier molecular flexibility index (Phi) is 6.50. The highest BCUT2D eigenvalue weighted by molar-refractivity contribution is 5.44. The van der Waals surface area contributed by atoms with Crippen LogP contribution in [-0.2, 0) is 4.79 Å². The lowest BCUT2D eigenvalue weighted by Gasteiger charge is -2.14. The van der Waals surface area contributed by atoms with Gasteiger partial charge in [-0.15, -0.1) is 0 Å². The molecule has 0 bridgehead atoms. The van der Waals surface area contributed by atoms with Gasteiger partial charge in [-0.3, -0.25) is 0 Å². The summed E-state index contributed by atoms with van der Waals surface area (Å²) in [6.45, 7) is 1.44. The van der Waals surface area contributed by atoms with Gasteiger partial charge in [-0.2, -0.15) is 0 Å². The number of aliphatic hydroxyl groups is 1. The molecule has 0 aromatic carbocycles. The van der Waals surface area contributed by atoms with E-state index in [9.17, 15) is 0 Å². The fourth-order valence-electron chi connectivity index (χ4n) is 1.08. The second kappa shape index (κ2) is 6.75. The number of aldehydes is 1. The Labute approximate surface area is 62.2 Å². The number of rotatable bonds is 0. The van der Waals surface area contributed by atoms with Gasteiger partial charge < -0.3 is 9.90 Å². The van der Waals surface area contributed by atoms with Crippen molar-refractivity contribution in [1.29, 1.82) is 0 Å². The molecule has 0 atom stereocenters. The molecule has 1 aliphatic carbocycles. The zero-order valence-electron chi connectivity index (χ0n) is 6.55. The van der Waals surface area contributed by atoms with Gasteiger partial charge in [0.05, 0.1) is 6.10 Å². The van der Waals surface area contributed by atoms with Gasteiger partial charge >= 0.3 is 0 Å². The summed E-state index contributed by atoms with van der Waals surface area (Å²) in [6, 6.07) is 0. The van der Waals surface area contributed by atoms with E-state index in [1.807, 2.05) is 0 Å². The van der Waals surface area contributed by atoms with Gasteiger partial charge in [-0.25, -0.2) is 0 Å². The van der Waals surface area contributed by atoms with Gasteiger partial charge in [0.25, 0.3) is 0 Å². The third kappa shape index (κ3) is 5.76. The summed E-state index contributed by atoms with van der Waals surface area (Å²) < 4.78 is 0. The van der Waals surface area contributed by atoms with Crippen LogP contribution in [0.3, 0.4) is 0 Å². The van der Waals surface area contributed by atoms with E-state index < -0.39 is 0 Å². The summed E-state index contributed by atoms with van der Waals surface area (Å²) in [6.07, 6.45) is 6.67. The van der Waals surface area contributed by atoms with Crippen LogP contribution in [0.1, 0.15) is 39.0 Å². The Balaban J connectivity index is 0.000000236. The first kappa shape index (κ1) is 9.63. The highest BCUT2D eigenvalue weighted by Gasteiger charge is 2.07. The summed E-state index contributed by atoms with van der Waals surface area (Å²) in [4.78, 5) is 8.81. The molecule has 1 N–H and O–H groups in total. The first-order valence-corrected chi connectivity index (χ1v) is 3.89. The molecule has 0 aliphatic heterocycles. The standard InChI is InChI=1S/C6H12O.C2H4O/c7-6-4-2-1-3-5-6;1-2-3/h6-7H,1-5H2;2H,1H3. The second-order valence-electron chi connectivity index (χ2n) is 2.53. The predicted molar refractivity (Wildman–Crippen MR) is 40.8 cm³/mol. The summed E-state index contributed by atoms with van der Waals surface area (Å²) >= 11 is 0. The fraction of sp³-hybridized carbons (Fsp3) is 0.875. The molecule has 2 nitrogen and oxygen atoms in total. The summed E-state index contributed by atoms with van der Waals surface area (Å²) in [7, 11) is 0. The van der Waals surface area contributed by atoms with Crippen LogP contribution in [-0.4, -0.2) is 17.5 Å². The van der Waals surface area contributed by atoms with Crippen LogP contribution in [0.4, 0.5) is 0 Å². The molecule has 1 rings (SSSR count). The van der Waals surface area contributed by atoms with Crippen molar-refractivity contribution in [3.05, 3.63) is 0 Å². The SMILES string of the molecule is CC=O.OC1CCCCC1. The largest absolute Gasteiger partial charge is 0.393 e. The average molecular weight is 144 g/mol. The predicted octanol–water partition coefficient (Wildman–Crippen LogP) is 1.52. The lowest BCUT2D eigenvalue weighted by molar-refractivity contribution is -0.106. The van der Waals surface area contributed by atoms with Crippen LogP contribution in [0.2, 0.25) is 0 Å². The van der Waals surface area contributed by atoms with Crippen molar-refractivity contribution in [2.75, 3.05) is 0 Å². The van der Waals surface area contributed by atoms with Crippen LogP contribution in [0, 0.1) is 0 Å². The maximum absolute atomic E-state index is 8.91. The molecule has 1 fully saturated rings. The van der Waals surface area contributed by atoms with Crippen LogP contribution in [0.5, 0.6) is 0 Å². The van der Waals surface area contributed by atoms with Gasteiger partial charge in [0, 0.05) is 0 Å². The van der Waals surface area contributed by atoms with Crippen molar-refractivity contribution in [1.82, 2.24) is 0 Å². The number of carbonyl (C=O) groups is 1. The van der Waals surface area contributed by atoms with Gasteiger partial charge in [-0.05, 0) is 19.8 Å². The van der Waals surface area contributed by atoms with E-state index >= 15 is 0 Å². The van der Waals surface area contributed by atoms with E-state index in [0.29, 0.717) is 0 Å². The fourth-order valence-corrected chi connectivity index (χ4v) is 1.08. The maximum atomic E-state index is 8.91. The number of hydrogen-bond acceptors (Lipinski definition) is 2. The van der Waals surface area contributed by atoms with Crippen molar-refractivity contribution in [3.8, 4) is 0 Å². The van der Waals surface area contributed by atoms with E-state index in [1.54, 1.807) is 0 Å². The highest BCUT2D eigenvalue weighted by atomic mass is 16.3. The summed E-state index contributed by atoms with van der Waals surface area (Å²) in [5.41, 5.74) is 0. The van der Waals surface area contributed by atoms with E-state index in [-0.39, 0.29) is 6.10 Å². The average Bonchev–Trinajstić information content (AvgIpc) is 1.91. The smallest absolute Gasteiger partial charge is 0.116 e. The Bertz CT molecular complexity index is 75.3. The molecule has 0 amide bonds. The normalized spacial score (nSPS) is 19.0. The molecular weight excluding hydrogens is 128 g/mol. The first-order chi connectivity index (χ1) is 4.81. The summed E-state index contributed by atoms with van der Waals surface area (Å²) in [5.74, 6) is 0. The number of hydrogen-bond donors (Lipinski definition) is 1. The minimum Gasteiger partial charge on any atom is -0.393 e. The van der Waals surface area contributed by atoms with Gasteiger partial charge in [-0.1, -0.05) is 19.3 Å². The zero-order valence-corrected chi connectivity index (χ0v) is 6.55. The Morgan fingerprint density at radius 1 is 1.30 bits per heavy atom. The minimum absolute atomic E-state index is 0.0359. The lowest BCUT2D eigenvalue weighted by Crippen LogP contribution is -2.09. The number of aliphatic hydroxyl groups excluding tert-OH is 1. The molecule has 0 unspecified atom stereocenters. The molecule has 1 saturated carbocycles. The summed E-state index contributed by atoms with van der Waals surface area (Å²) in [5, 5.41) is 8.91. The monoisotopic (exact) mass is 144 g/mol. The second-order valence-corrected chi connectivity index (χ2v) is 2.53. The van der Waals surface area contributed by atoms with Crippen molar-refractivity contribution in [2.45, 2.75) is 45.1 Å². The van der Waals surface area contributed by atoms with Crippen molar-refractivity contribution in [3.63, 3.8) is 0 Å². The lowest BCUT2D eigenvalue weighted by atomic mass is 9.98. The molecule has 0 saturated heterocycles. The molecule has 2 heteroatoms. The van der Waals surface area contributed by atoms with E-state index in [0.717, 1.165) is 19.1 Å². The molecule has 0 aromatic heterocycles. The Hall–Kier alpha value is -0.370. The van der Waals surface area contributed by atoms with Crippen LogP contribution >= 0.6 is 0 Å². The zero-order chi connectivity index (χ0) is 7.82. The van der Waals surface area contributed by atoms with Crippen LogP contribution < -0.4 is 0 Å². The molecule has 60 valence electrons. The van der Waals surface area contributed by atoms with E-state index in [2.05, 4.69) is 0 Å². The molecule has 0 aromatic rings. The highest BCUT2D eigenvalue weighted by Crippen LogP contribution is 2.16. The molecule has 0 heterocycles. The van der Waals surface area contributed by atoms with Crippen molar-refractivity contribution in [2.24, 2.45) is 0 Å². The third-order valence-corrected chi connectivity index (χ3v) is 1.57. The quantitative estimate of drug-likeness (QED) is 0.523. The Morgan fingerprint density at radius 3 is 1.90 bits per heavy atom. The van der Waals surface area contributed by atoms with E-state index in [1.165, 1.54) is 26.2 Å². The van der Waals surface area contributed by atoms with Gasteiger partial charge in [0.15, 0.2) is 0 Å². The Morgan fingerprint density at radius 2 is 1.70 bits per heavy atom. The van der Waals surface area contributed by atoms with Gasteiger partial charge in [0.1, 0.15) is 6.29 Å². The third-order valence-electron chi connectivity index (χ3n) is 1.57. The van der Waals surface area contributed by atoms with Crippen molar-refractivity contribution >= 4 is 6.29 Å².